The minimum atomic E-state index is -0.171. The molecule has 4 aromatic rings. The molecule has 3 aromatic heterocycles. The van der Waals surface area contributed by atoms with Crippen molar-refractivity contribution < 1.29 is 0 Å². The second kappa shape index (κ2) is 7.24. The fourth-order valence-electron chi connectivity index (χ4n) is 4.06. The van der Waals surface area contributed by atoms with Gasteiger partial charge in [-0.2, -0.15) is 9.61 Å². The fraction of sp³-hybridized carbons (Fsp3) is 0.318. The molecule has 0 saturated carbocycles. The van der Waals surface area contributed by atoms with Gasteiger partial charge in [0.1, 0.15) is 6.33 Å². The first-order valence-electron chi connectivity index (χ1n) is 10.1. The molecule has 1 aromatic carbocycles. The largest absolute Gasteiger partial charge is 0.297 e. The molecule has 146 valence electrons. The van der Waals surface area contributed by atoms with E-state index in [1.165, 1.54) is 18.4 Å². The van der Waals surface area contributed by atoms with Gasteiger partial charge in [-0.1, -0.05) is 42.0 Å². The normalized spacial score (nSPS) is 14.4. The van der Waals surface area contributed by atoms with Crippen LogP contribution in [0.25, 0.3) is 27.9 Å². The maximum Gasteiger partial charge on any atom is 0.283 e. The van der Waals surface area contributed by atoms with Gasteiger partial charge in [0, 0.05) is 6.54 Å². The molecule has 0 unspecified atom stereocenters. The van der Waals surface area contributed by atoms with Gasteiger partial charge in [-0.05, 0) is 44.6 Å². The van der Waals surface area contributed by atoms with Crippen LogP contribution < -0.4 is 5.56 Å². The van der Waals surface area contributed by atoms with Crippen LogP contribution in [0.15, 0.2) is 53.1 Å². The molecule has 7 nitrogen and oxygen atoms in total. The van der Waals surface area contributed by atoms with Gasteiger partial charge in [0.25, 0.3) is 5.56 Å². The summed E-state index contributed by atoms with van der Waals surface area (Å²) in [4.78, 5) is 17.5. The molecule has 0 fully saturated rings. The molecule has 3 heterocycles. The van der Waals surface area contributed by atoms with E-state index in [1.54, 1.807) is 15.4 Å². The predicted molar refractivity (Wildman–Crippen MR) is 112 cm³/mol. The minimum Gasteiger partial charge on any atom is -0.297 e. The van der Waals surface area contributed by atoms with Gasteiger partial charge in [0.2, 0.25) is 0 Å². The number of fused-ring (bicyclic) bond motifs is 3. The molecule has 0 N–H and O–H groups in total. The summed E-state index contributed by atoms with van der Waals surface area (Å²) < 4.78 is 3.27. The summed E-state index contributed by atoms with van der Waals surface area (Å²) in [5.74, 6) is 0. The van der Waals surface area contributed by atoms with Crippen LogP contribution >= 0.6 is 0 Å². The Morgan fingerprint density at radius 3 is 2.72 bits per heavy atom. The molecule has 0 radical (unpaired) electrons. The van der Waals surface area contributed by atoms with Gasteiger partial charge >= 0.3 is 0 Å². The van der Waals surface area contributed by atoms with Gasteiger partial charge in [0.05, 0.1) is 11.3 Å². The van der Waals surface area contributed by atoms with Crippen LogP contribution in [-0.4, -0.2) is 29.4 Å². The van der Waals surface area contributed by atoms with Crippen molar-refractivity contribution in [1.29, 1.82) is 0 Å². The molecule has 0 atom stereocenters. The van der Waals surface area contributed by atoms with E-state index in [-0.39, 0.29) is 11.1 Å². The van der Waals surface area contributed by atoms with Crippen LogP contribution in [0.2, 0.25) is 0 Å². The van der Waals surface area contributed by atoms with Crippen molar-refractivity contribution >= 4 is 16.8 Å². The van der Waals surface area contributed by atoms with Crippen LogP contribution in [0.5, 0.6) is 0 Å². The Balaban J connectivity index is 1.57. The van der Waals surface area contributed by atoms with E-state index in [2.05, 4.69) is 26.4 Å². The smallest absolute Gasteiger partial charge is 0.283 e. The van der Waals surface area contributed by atoms with E-state index in [0.717, 1.165) is 36.1 Å². The second-order valence-corrected chi connectivity index (χ2v) is 7.54. The zero-order chi connectivity index (χ0) is 19.8. The third-order valence-corrected chi connectivity index (χ3v) is 5.60. The third kappa shape index (κ3) is 3.12. The Morgan fingerprint density at radius 2 is 1.93 bits per heavy atom. The average molecular weight is 386 g/mol. The van der Waals surface area contributed by atoms with E-state index in [0.29, 0.717) is 17.8 Å². The van der Waals surface area contributed by atoms with Crippen molar-refractivity contribution in [3.05, 3.63) is 64.4 Å². The molecule has 0 spiro atoms. The van der Waals surface area contributed by atoms with Crippen LogP contribution in [0.4, 0.5) is 0 Å². The van der Waals surface area contributed by atoms with Gasteiger partial charge in [-0.3, -0.25) is 9.36 Å². The van der Waals surface area contributed by atoms with Crippen molar-refractivity contribution in [1.82, 2.24) is 29.4 Å². The van der Waals surface area contributed by atoms with Crippen LogP contribution in [0.1, 0.15) is 37.8 Å². The number of rotatable bonds is 4. The fourth-order valence-corrected chi connectivity index (χ4v) is 4.06. The van der Waals surface area contributed by atoms with Crippen molar-refractivity contribution in [2.45, 2.75) is 45.6 Å². The summed E-state index contributed by atoms with van der Waals surface area (Å²) >= 11 is 0. The molecular weight excluding hydrogens is 364 g/mol. The first-order chi connectivity index (χ1) is 14.2. The standard InChI is InChI=1S/C22H22N6O/c1-15-18(17-10-6-3-7-11-17)20-25-24-19-21(28(20)26-15)23-14-27(22(19)29)13-12-16-8-4-2-5-9-16/h3,6-8,10-11,14H,2,4-5,9,12-13H2,1H3. The molecule has 0 aliphatic heterocycles. The van der Waals surface area contributed by atoms with Crippen molar-refractivity contribution in [2.24, 2.45) is 0 Å². The topological polar surface area (TPSA) is 78.0 Å². The van der Waals surface area contributed by atoms with E-state index in [4.69, 9.17) is 0 Å². The summed E-state index contributed by atoms with van der Waals surface area (Å²) in [6.45, 7) is 2.54. The lowest BCUT2D eigenvalue weighted by atomic mass is 9.97. The molecule has 0 saturated heterocycles. The number of hydrogen-bond donors (Lipinski definition) is 0. The van der Waals surface area contributed by atoms with E-state index in [1.807, 2.05) is 37.3 Å². The molecule has 1 aliphatic rings. The molecule has 7 heteroatoms. The summed E-state index contributed by atoms with van der Waals surface area (Å²) in [7, 11) is 0. The number of allylic oxidation sites excluding steroid dienone is 2. The highest BCUT2D eigenvalue weighted by atomic mass is 16.1. The zero-order valence-electron chi connectivity index (χ0n) is 16.4. The molecule has 29 heavy (non-hydrogen) atoms. The number of hydrogen-bond acceptors (Lipinski definition) is 5. The lowest BCUT2D eigenvalue weighted by molar-refractivity contribution is 0.609. The minimum absolute atomic E-state index is 0.171. The van der Waals surface area contributed by atoms with Crippen LogP contribution in [-0.2, 0) is 6.54 Å². The first-order valence-corrected chi connectivity index (χ1v) is 10.1. The van der Waals surface area contributed by atoms with Gasteiger partial charge in [0.15, 0.2) is 16.8 Å². The van der Waals surface area contributed by atoms with Crippen LogP contribution in [0.3, 0.4) is 0 Å². The lowest BCUT2D eigenvalue weighted by Crippen LogP contribution is -2.23. The zero-order valence-corrected chi connectivity index (χ0v) is 16.4. The quantitative estimate of drug-likeness (QED) is 0.500. The maximum atomic E-state index is 13.0. The van der Waals surface area contributed by atoms with Crippen LogP contribution in [0, 0.1) is 6.92 Å². The number of aryl methyl sites for hydroxylation is 2. The van der Waals surface area contributed by atoms with Gasteiger partial charge in [-0.25, -0.2) is 4.98 Å². The molecular formula is C22H22N6O. The molecule has 5 rings (SSSR count). The maximum absolute atomic E-state index is 13.0. The second-order valence-electron chi connectivity index (χ2n) is 7.54. The van der Waals surface area contributed by atoms with Gasteiger partial charge in [-0.15, -0.1) is 10.2 Å². The lowest BCUT2D eigenvalue weighted by Gasteiger charge is -2.13. The van der Waals surface area contributed by atoms with E-state index >= 15 is 0 Å². The average Bonchev–Trinajstić information content (AvgIpc) is 3.11. The molecule has 0 bridgehead atoms. The SMILES string of the molecule is Cc1nn2c(nnc3c(=O)n(CCC4=CCCCC4)cnc32)c1-c1ccccc1. The number of benzene rings is 1. The van der Waals surface area contributed by atoms with Crippen molar-refractivity contribution in [2.75, 3.05) is 0 Å². The van der Waals surface area contributed by atoms with E-state index in [9.17, 15) is 4.79 Å². The highest BCUT2D eigenvalue weighted by Crippen LogP contribution is 2.27. The Hall–Kier alpha value is -3.35. The van der Waals surface area contributed by atoms with Crippen molar-refractivity contribution in [3.63, 3.8) is 0 Å². The predicted octanol–water partition coefficient (Wildman–Crippen LogP) is 3.70. The number of nitrogens with zero attached hydrogens (tertiary/aromatic N) is 6. The first kappa shape index (κ1) is 17.7. The summed E-state index contributed by atoms with van der Waals surface area (Å²) in [6.07, 6.45) is 9.57. The summed E-state index contributed by atoms with van der Waals surface area (Å²) in [5.41, 5.74) is 5.32. The Kier molecular flexibility index (Phi) is 4.42. The number of aromatic nitrogens is 6. The van der Waals surface area contributed by atoms with Gasteiger partial charge < -0.3 is 0 Å². The monoisotopic (exact) mass is 386 g/mol. The Bertz CT molecular complexity index is 1290. The third-order valence-electron chi connectivity index (χ3n) is 5.60. The molecule has 1 aliphatic carbocycles. The molecule has 0 amide bonds. The highest BCUT2D eigenvalue weighted by molar-refractivity contribution is 5.83. The van der Waals surface area contributed by atoms with Crippen molar-refractivity contribution in [3.8, 4) is 11.1 Å². The van der Waals surface area contributed by atoms with E-state index < -0.39 is 0 Å². The highest BCUT2D eigenvalue weighted by Gasteiger charge is 2.18. The Labute approximate surface area is 167 Å². The summed E-state index contributed by atoms with van der Waals surface area (Å²) in [5, 5.41) is 13.2. The Morgan fingerprint density at radius 1 is 1.07 bits per heavy atom. The summed E-state index contributed by atoms with van der Waals surface area (Å²) in [6, 6.07) is 9.96.